The molecule has 0 bridgehead atoms. The number of phenols is 1. The fraction of sp³-hybridized carbons (Fsp3) is 0.756. The van der Waals surface area contributed by atoms with Crippen molar-refractivity contribution in [1.29, 1.82) is 0 Å². The number of ether oxygens (including phenoxy) is 2. The molecule has 2 heterocycles. The molecule has 0 amide bonds. The van der Waals surface area contributed by atoms with E-state index >= 15 is 0 Å². The number of carbonyl (C=O) groups is 4. The summed E-state index contributed by atoms with van der Waals surface area (Å²) in [6.07, 6.45) is -0.522. The Hall–Kier alpha value is -2.78. The number of carbonyl (C=O) groups excluding carboxylic acids is 4. The monoisotopic (exact) mass is 696 g/mol. The number of aromatic hydroxyl groups is 1. The minimum atomic E-state index is -1.81. The van der Waals surface area contributed by atoms with E-state index in [1.807, 2.05) is 67.6 Å². The maximum Gasteiger partial charge on any atom is 0.320 e. The number of nitrogens with zero attached hydrogens (tertiary/aromatic N) is 2. The number of likely N-dealkylation sites (tertiary alicyclic amines) is 2. The van der Waals surface area contributed by atoms with Crippen molar-refractivity contribution < 1.29 is 33.8 Å². The average molecular weight is 697 g/mol. The zero-order chi connectivity index (χ0) is 37.9. The Morgan fingerprint density at radius 3 is 1.70 bits per heavy atom. The minimum absolute atomic E-state index is 0.0120. The van der Waals surface area contributed by atoms with Crippen molar-refractivity contribution >= 4 is 23.5 Å². The number of benzene rings is 1. The second kappa shape index (κ2) is 13.6. The normalized spacial score (nSPS) is 31.0. The largest absolute Gasteiger partial charge is 0.507 e. The smallest absolute Gasteiger partial charge is 0.320 e. The van der Waals surface area contributed by atoms with E-state index in [4.69, 9.17) is 9.47 Å². The van der Waals surface area contributed by atoms with Crippen molar-refractivity contribution in [2.75, 3.05) is 27.2 Å². The zero-order valence-corrected chi connectivity index (χ0v) is 33.3. The van der Waals surface area contributed by atoms with Crippen LogP contribution < -0.4 is 0 Å². The van der Waals surface area contributed by atoms with Crippen LogP contribution in [-0.4, -0.2) is 88.9 Å². The lowest BCUT2D eigenvalue weighted by Crippen LogP contribution is -2.58. The molecule has 1 aliphatic carbocycles. The molecule has 1 saturated carbocycles. The molecule has 4 rings (SSSR count). The summed E-state index contributed by atoms with van der Waals surface area (Å²) in [6.45, 7) is 26.0. The van der Waals surface area contributed by atoms with Gasteiger partial charge in [0.05, 0.1) is 0 Å². The predicted octanol–water partition coefficient (Wildman–Crippen LogP) is 6.39. The van der Waals surface area contributed by atoms with Gasteiger partial charge in [-0.3, -0.25) is 19.2 Å². The molecule has 1 N–H and O–H groups in total. The van der Waals surface area contributed by atoms with Crippen LogP contribution in [-0.2, 0) is 45.9 Å². The van der Waals surface area contributed by atoms with Gasteiger partial charge in [0.15, 0.2) is 5.78 Å². The highest BCUT2D eigenvalue weighted by Gasteiger charge is 2.57. The lowest BCUT2D eigenvalue weighted by Gasteiger charge is -2.49. The van der Waals surface area contributed by atoms with Crippen molar-refractivity contribution in [2.45, 2.75) is 149 Å². The van der Waals surface area contributed by atoms with Crippen molar-refractivity contribution in [3.63, 3.8) is 0 Å². The Labute approximate surface area is 300 Å². The van der Waals surface area contributed by atoms with Crippen molar-refractivity contribution in [3.8, 4) is 5.75 Å². The first-order chi connectivity index (χ1) is 22.7. The first-order valence-corrected chi connectivity index (χ1v) is 18.5. The van der Waals surface area contributed by atoms with Gasteiger partial charge >= 0.3 is 11.9 Å². The van der Waals surface area contributed by atoms with Crippen molar-refractivity contribution in [1.82, 2.24) is 9.80 Å². The molecule has 280 valence electrons. The van der Waals surface area contributed by atoms with Gasteiger partial charge in [0, 0.05) is 48.8 Å². The number of esters is 2. The molecule has 6 atom stereocenters. The summed E-state index contributed by atoms with van der Waals surface area (Å²) >= 11 is 0. The highest BCUT2D eigenvalue weighted by Crippen LogP contribution is 2.45. The number of ketones is 2. The van der Waals surface area contributed by atoms with E-state index in [0.29, 0.717) is 29.5 Å². The van der Waals surface area contributed by atoms with Crippen LogP contribution in [0.1, 0.15) is 125 Å². The van der Waals surface area contributed by atoms with E-state index in [0.717, 1.165) is 13.1 Å². The van der Waals surface area contributed by atoms with Gasteiger partial charge < -0.3 is 24.4 Å². The zero-order valence-electron chi connectivity index (χ0n) is 33.3. The minimum Gasteiger partial charge on any atom is -0.507 e. The maximum atomic E-state index is 14.6. The molecule has 2 aliphatic heterocycles. The number of hydrogen-bond acceptors (Lipinski definition) is 9. The highest BCUT2D eigenvalue weighted by atomic mass is 16.6. The van der Waals surface area contributed by atoms with Gasteiger partial charge in [-0.2, -0.15) is 0 Å². The van der Waals surface area contributed by atoms with Gasteiger partial charge in [-0.25, -0.2) is 0 Å². The summed E-state index contributed by atoms with van der Waals surface area (Å²) < 4.78 is 12.3. The SMILES string of the molecule is CC1C(OC(=O)C2CC(=O)C(Cc3cc(C(C)(C)C)c(O)c(C(C)(C)C)c3)(C(=O)OC3CCN(C)C(C)(C)C3C)CC2=O)CCN(C)C1(C)C. The third-order valence-corrected chi connectivity index (χ3v) is 13.1. The molecule has 0 radical (unpaired) electrons. The molecule has 1 aromatic carbocycles. The average Bonchev–Trinajstić information content (AvgIpc) is 2.99. The highest BCUT2D eigenvalue weighted by molar-refractivity contribution is 6.15. The quantitative estimate of drug-likeness (QED) is 0.267. The van der Waals surface area contributed by atoms with Crippen LogP contribution in [0, 0.1) is 23.2 Å². The topological polar surface area (TPSA) is 113 Å². The van der Waals surface area contributed by atoms with E-state index in [1.54, 1.807) is 0 Å². The molecule has 1 aromatic rings. The molecule has 2 saturated heterocycles. The summed E-state index contributed by atoms with van der Waals surface area (Å²) in [7, 11) is 4.10. The van der Waals surface area contributed by atoms with Crippen LogP contribution in [0.4, 0.5) is 0 Å². The predicted molar refractivity (Wildman–Crippen MR) is 195 cm³/mol. The number of piperidine rings is 2. The van der Waals surface area contributed by atoms with E-state index in [1.165, 1.54) is 0 Å². The van der Waals surface area contributed by atoms with Gasteiger partial charge in [-0.1, -0.05) is 67.5 Å². The number of phenolic OH excluding ortho intramolecular Hbond substituents is 1. The lowest BCUT2D eigenvalue weighted by molar-refractivity contribution is -0.181. The first kappa shape index (κ1) is 40.0. The van der Waals surface area contributed by atoms with Crippen LogP contribution in [0.15, 0.2) is 12.1 Å². The molecule has 0 aromatic heterocycles. The molecule has 9 heteroatoms. The van der Waals surface area contributed by atoms with Gasteiger partial charge in [0.25, 0.3) is 0 Å². The van der Waals surface area contributed by atoms with E-state index in [2.05, 4.69) is 51.5 Å². The summed E-state index contributed by atoms with van der Waals surface area (Å²) in [5.41, 5.74) is -1.11. The van der Waals surface area contributed by atoms with Crippen LogP contribution in [0.2, 0.25) is 0 Å². The van der Waals surface area contributed by atoms with Crippen LogP contribution in [0.3, 0.4) is 0 Å². The van der Waals surface area contributed by atoms with E-state index < -0.39 is 64.6 Å². The molecule has 3 aliphatic rings. The fourth-order valence-electron chi connectivity index (χ4n) is 8.06. The van der Waals surface area contributed by atoms with Crippen molar-refractivity contribution in [2.24, 2.45) is 23.2 Å². The molecule has 3 fully saturated rings. The van der Waals surface area contributed by atoms with Crippen LogP contribution >= 0.6 is 0 Å². The Morgan fingerprint density at radius 1 is 0.820 bits per heavy atom. The Bertz CT molecular complexity index is 1460. The second-order valence-electron chi connectivity index (χ2n) is 18.8. The number of rotatable bonds is 6. The molecular formula is C41H64N2O7. The van der Waals surface area contributed by atoms with Crippen LogP contribution in [0.5, 0.6) is 5.75 Å². The summed E-state index contributed by atoms with van der Waals surface area (Å²) in [6, 6.07) is 3.70. The molecule has 0 spiro atoms. The first-order valence-electron chi connectivity index (χ1n) is 18.5. The van der Waals surface area contributed by atoms with Gasteiger partial charge in [0.1, 0.15) is 35.1 Å². The van der Waals surface area contributed by atoms with E-state index in [-0.39, 0.29) is 41.2 Å². The van der Waals surface area contributed by atoms with Crippen LogP contribution in [0.25, 0.3) is 0 Å². The Kier molecular flexibility index (Phi) is 10.9. The molecule has 9 nitrogen and oxygen atoms in total. The fourth-order valence-corrected chi connectivity index (χ4v) is 8.06. The third-order valence-electron chi connectivity index (χ3n) is 13.1. The third kappa shape index (κ3) is 7.41. The molecule has 50 heavy (non-hydrogen) atoms. The summed E-state index contributed by atoms with van der Waals surface area (Å²) in [4.78, 5) is 61.3. The summed E-state index contributed by atoms with van der Waals surface area (Å²) in [5.74, 6) is -3.47. The second-order valence-corrected chi connectivity index (χ2v) is 18.8. The summed E-state index contributed by atoms with van der Waals surface area (Å²) in [5, 5.41) is 11.4. The van der Waals surface area contributed by atoms with E-state index in [9.17, 15) is 24.3 Å². The molecule has 6 unspecified atom stereocenters. The maximum absolute atomic E-state index is 14.6. The van der Waals surface area contributed by atoms with Gasteiger partial charge in [0.2, 0.25) is 0 Å². The lowest BCUT2D eigenvalue weighted by atomic mass is 9.65. The van der Waals surface area contributed by atoms with Gasteiger partial charge in [-0.15, -0.1) is 0 Å². The number of hydrogen-bond donors (Lipinski definition) is 1. The van der Waals surface area contributed by atoms with Crippen molar-refractivity contribution in [3.05, 3.63) is 28.8 Å². The Morgan fingerprint density at radius 2 is 1.26 bits per heavy atom. The Balaban J connectivity index is 1.72. The standard InChI is InChI=1S/C41H64N2O7/c1-24-31(15-17-42(13)39(24,9)10)49-35(47)27-21-33(45)41(23-30(27)44,36(48)50-32-16-18-43(14)40(11,12)25(32)2)22-26-19-28(37(3,4)5)34(46)29(20-26)38(6,7)8/h19-20,24-25,27,31-32,46H,15-18,21-23H2,1-14H3. The molecular weight excluding hydrogens is 632 g/mol. The van der Waals surface area contributed by atoms with Gasteiger partial charge in [-0.05, 0) is 88.6 Å². The number of Topliss-reactive ketones (excluding diaryl/α,β-unsaturated/α-hetero) is 2.